The molecular weight excluding hydrogens is 236 g/mol. The topological polar surface area (TPSA) is 28.4 Å². The van der Waals surface area contributed by atoms with E-state index in [-0.39, 0.29) is 0 Å². The molecule has 0 saturated carbocycles. The summed E-state index contributed by atoms with van der Waals surface area (Å²) in [4.78, 5) is 2.56. The highest BCUT2D eigenvalue weighted by molar-refractivity contribution is 5.17. The lowest BCUT2D eigenvalue weighted by molar-refractivity contribution is 0.311. The molecule has 1 N–H and O–H groups in total. The van der Waals surface area contributed by atoms with Crippen LogP contribution in [0.4, 0.5) is 0 Å². The minimum Gasteiger partial charge on any atom is -0.468 e. The molecule has 19 heavy (non-hydrogen) atoms. The Morgan fingerprint density at radius 3 is 3.00 bits per heavy atom. The summed E-state index contributed by atoms with van der Waals surface area (Å²) in [6, 6.07) is 2.13. The summed E-state index contributed by atoms with van der Waals surface area (Å²) in [5.74, 6) is 2.69. The van der Waals surface area contributed by atoms with Crippen LogP contribution in [0.25, 0.3) is 0 Å². The lowest BCUT2D eigenvalue weighted by atomic mass is 10.1. The van der Waals surface area contributed by atoms with Crippen molar-refractivity contribution in [2.45, 2.75) is 46.7 Å². The van der Waals surface area contributed by atoms with E-state index in [0.717, 1.165) is 31.3 Å². The standard InChI is InChI=1S/C16H28N2O/c1-4-14-5-7-18(11-14)12-15-6-8-19-16(15)10-17-9-13(2)3/h6,8,13-14,17H,4-5,7,9-12H2,1-3H3. The molecule has 1 aliphatic heterocycles. The maximum atomic E-state index is 5.62. The van der Waals surface area contributed by atoms with Crippen LogP contribution in [-0.4, -0.2) is 24.5 Å². The van der Waals surface area contributed by atoms with Crippen molar-refractivity contribution in [2.24, 2.45) is 11.8 Å². The Morgan fingerprint density at radius 1 is 1.47 bits per heavy atom. The molecule has 1 saturated heterocycles. The van der Waals surface area contributed by atoms with Crippen LogP contribution in [-0.2, 0) is 13.1 Å². The quantitative estimate of drug-likeness (QED) is 0.819. The number of nitrogens with one attached hydrogen (secondary N) is 1. The third-order valence-electron chi connectivity index (χ3n) is 4.02. The van der Waals surface area contributed by atoms with Crippen LogP contribution in [0, 0.1) is 11.8 Å². The van der Waals surface area contributed by atoms with E-state index in [0.29, 0.717) is 5.92 Å². The normalized spacial score (nSPS) is 20.5. The molecule has 0 aromatic carbocycles. The van der Waals surface area contributed by atoms with Crippen LogP contribution in [0.5, 0.6) is 0 Å². The largest absolute Gasteiger partial charge is 0.468 e. The molecule has 0 amide bonds. The Hall–Kier alpha value is -0.800. The van der Waals surface area contributed by atoms with E-state index in [9.17, 15) is 0 Å². The summed E-state index contributed by atoms with van der Waals surface area (Å²) >= 11 is 0. The highest BCUT2D eigenvalue weighted by Gasteiger charge is 2.22. The van der Waals surface area contributed by atoms with Gasteiger partial charge < -0.3 is 9.73 Å². The fraction of sp³-hybridized carbons (Fsp3) is 0.750. The van der Waals surface area contributed by atoms with Crippen molar-refractivity contribution in [3.05, 3.63) is 23.7 Å². The summed E-state index contributed by atoms with van der Waals surface area (Å²) in [6.45, 7) is 12.2. The van der Waals surface area contributed by atoms with Gasteiger partial charge in [-0.1, -0.05) is 27.2 Å². The van der Waals surface area contributed by atoms with Gasteiger partial charge in [0, 0.05) is 18.7 Å². The molecule has 0 radical (unpaired) electrons. The second-order valence-corrected chi connectivity index (χ2v) is 6.19. The number of hydrogen-bond donors (Lipinski definition) is 1. The van der Waals surface area contributed by atoms with Gasteiger partial charge in [0.2, 0.25) is 0 Å². The molecule has 2 rings (SSSR count). The van der Waals surface area contributed by atoms with E-state index in [4.69, 9.17) is 4.42 Å². The van der Waals surface area contributed by atoms with Gasteiger partial charge in [-0.2, -0.15) is 0 Å². The molecule has 1 unspecified atom stereocenters. The average Bonchev–Trinajstić information content (AvgIpc) is 2.99. The van der Waals surface area contributed by atoms with Crippen molar-refractivity contribution >= 4 is 0 Å². The van der Waals surface area contributed by atoms with Crippen LogP contribution in [0.2, 0.25) is 0 Å². The van der Waals surface area contributed by atoms with Gasteiger partial charge in [-0.3, -0.25) is 4.90 Å². The summed E-state index contributed by atoms with van der Waals surface area (Å²) in [7, 11) is 0. The van der Waals surface area contributed by atoms with Gasteiger partial charge in [0.05, 0.1) is 12.8 Å². The van der Waals surface area contributed by atoms with Crippen LogP contribution in [0.15, 0.2) is 16.7 Å². The third kappa shape index (κ3) is 4.36. The van der Waals surface area contributed by atoms with Crippen molar-refractivity contribution in [1.82, 2.24) is 10.2 Å². The van der Waals surface area contributed by atoms with E-state index in [2.05, 4.69) is 37.1 Å². The number of rotatable bonds is 7. The SMILES string of the molecule is CCC1CCN(Cc2ccoc2CNCC(C)C)C1. The second kappa shape index (κ2) is 7.11. The Bertz CT molecular complexity index is 373. The zero-order valence-corrected chi connectivity index (χ0v) is 12.6. The molecular formula is C16H28N2O. The lowest BCUT2D eigenvalue weighted by Gasteiger charge is -2.15. The van der Waals surface area contributed by atoms with Gasteiger partial charge in [0.25, 0.3) is 0 Å². The first-order chi connectivity index (χ1) is 9.19. The minimum atomic E-state index is 0.683. The molecule has 1 aromatic heterocycles. The highest BCUT2D eigenvalue weighted by Crippen LogP contribution is 2.22. The third-order valence-corrected chi connectivity index (χ3v) is 4.02. The highest BCUT2D eigenvalue weighted by atomic mass is 16.3. The van der Waals surface area contributed by atoms with Crippen molar-refractivity contribution in [1.29, 1.82) is 0 Å². The van der Waals surface area contributed by atoms with E-state index >= 15 is 0 Å². The van der Waals surface area contributed by atoms with Crippen molar-refractivity contribution in [3.63, 3.8) is 0 Å². The van der Waals surface area contributed by atoms with Crippen molar-refractivity contribution in [2.75, 3.05) is 19.6 Å². The van der Waals surface area contributed by atoms with Gasteiger partial charge in [0.1, 0.15) is 5.76 Å². The molecule has 0 bridgehead atoms. The predicted molar refractivity (Wildman–Crippen MR) is 78.9 cm³/mol. The minimum absolute atomic E-state index is 0.683. The first-order valence-electron chi connectivity index (χ1n) is 7.67. The first kappa shape index (κ1) is 14.6. The zero-order valence-electron chi connectivity index (χ0n) is 12.6. The summed E-state index contributed by atoms with van der Waals surface area (Å²) in [5, 5.41) is 3.46. The predicted octanol–water partition coefficient (Wildman–Crippen LogP) is 3.26. The van der Waals surface area contributed by atoms with Gasteiger partial charge in [-0.05, 0) is 37.4 Å². The zero-order chi connectivity index (χ0) is 13.7. The molecule has 1 atom stereocenters. The van der Waals surface area contributed by atoms with Gasteiger partial charge >= 0.3 is 0 Å². The Morgan fingerprint density at radius 2 is 2.32 bits per heavy atom. The molecule has 0 spiro atoms. The van der Waals surface area contributed by atoms with Crippen LogP contribution in [0.1, 0.15) is 44.9 Å². The van der Waals surface area contributed by atoms with Gasteiger partial charge in [-0.25, -0.2) is 0 Å². The van der Waals surface area contributed by atoms with Gasteiger partial charge in [-0.15, -0.1) is 0 Å². The summed E-state index contributed by atoms with van der Waals surface area (Å²) in [6.07, 6.45) is 4.50. The van der Waals surface area contributed by atoms with Gasteiger partial charge in [0.15, 0.2) is 0 Å². The van der Waals surface area contributed by atoms with Crippen molar-refractivity contribution in [3.8, 4) is 0 Å². The molecule has 3 heteroatoms. The summed E-state index contributed by atoms with van der Waals surface area (Å²) < 4.78 is 5.62. The molecule has 108 valence electrons. The van der Waals surface area contributed by atoms with Crippen LogP contribution >= 0.6 is 0 Å². The number of nitrogens with zero attached hydrogens (tertiary/aromatic N) is 1. The van der Waals surface area contributed by atoms with E-state index in [1.54, 1.807) is 0 Å². The smallest absolute Gasteiger partial charge is 0.122 e. The molecule has 1 aliphatic rings. The lowest BCUT2D eigenvalue weighted by Crippen LogP contribution is -2.22. The Kier molecular flexibility index (Phi) is 5.46. The average molecular weight is 264 g/mol. The first-order valence-corrected chi connectivity index (χ1v) is 7.67. The molecule has 3 nitrogen and oxygen atoms in total. The van der Waals surface area contributed by atoms with E-state index in [1.807, 2.05) is 6.26 Å². The van der Waals surface area contributed by atoms with Crippen molar-refractivity contribution < 1.29 is 4.42 Å². The van der Waals surface area contributed by atoms with Crippen LogP contribution in [0.3, 0.4) is 0 Å². The fourth-order valence-corrected chi connectivity index (χ4v) is 2.77. The maximum Gasteiger partial charge on any atom is 0.122 e. The summed E-state index contributed by atoms with van der Waals surface area (Å²) in [5.41, 5.74) is 1.35. The number of furan rings is 1. The van der Waals surface area contributed by atoms with E-state index in [1.165, 1.54) is 31.5 Å². The number of hydrogen-bond acceptors (Lipinski definition) is 3. The Labute approximate surface area is 117 Å². The second-order valence-electron chi connectivity index (χ2n) is 6.19. The molecule has 0 aliphatic carbocycles. The molecule has 1 aromatic rings. The number of likely N-dealkylation sites (tertiary alicyclic amines) is 1. The monoisotopic (exact) mass is 264 g/mol. The molecule has 1 fully saturated rings. The van der Waals surface area contributed by atoms with Crippen LogP contribution < -0.4 is 5.32 Å². The fourth-order valence-electron chi connectivity index (χ4n) is 2.77. The maximum absolute atomic E-state index is 5.62. The molecule has 2 heterocycles. The Balaban J connectivity index is 1.82. The van der Waals surface area contributed by atoms with E-state index < -0.39 is 0 Å².